The number of ether oxygens (including phenoxy) is 2. The van der Waals surface area contributed by atoms with E-state index in [1.54, 1.807) is 0 Å². The molecule has 226 valence electrons. The van der Waals surface area contributed by atoms with E-state index in [1.807, 2.05) is 0 Å². The summed E-state index contributed by atoms with van der Waals surface area (Å²) in [5.41, 5.74) is 0. The number of carbonyl (C=O) groups is 2. The van der Waals surface area contributed by atoms with Crippen molar-refractivity contribution in [3.63, 3.8) is 0 Å². The summed E-state index contributed by atoms with van der Waals surface area (Å²) in [5.74, 6) is -0.898. The van der Waals surface area contributed by atoms with Crippen molar-refractivity contribution in [2.75, 3.05) is 13.2 Å². The van der Waals surface area contributed by atoms with Crippen molar-refractivity contribution in [2.24, 2.45) is 0 Å². The van der Waals surface area contributed by atoms with E-state index in [0.29, 0.717) is 6.42 Å². The lowest BCUT2D eigenvalue weighted by molar-refractivity contribution is -0.161. The molecule has 0 saturated heterocycles. The van der Waals surface area contributed by atoms with E-state index in [1.165, 1.54) is 83.5 Å². The van der Waals surface area contributed by atoms with Crippen molar-refractivity contribution >= 4 is 19.8 Å². The van der Waals surface area contributed by atoms with Crippen molar-refractivity contribution in [3.8, 4) is 0 Å². The van der Waals surface area contributed by atoms with Crippen LogP contribution in [0, 0.1) is 0 Å². The Balaban J connectivity index is 3.86. The highest BCUT2D eigenvalue weighted by molar-refractivity contribution is 7.46. The van der Waals surface area contributed by atoms with Gasteiger partial charge in [0.1, 0.15) is 6.61 Å². The summed E-state index contributed by atoms with van der Waals surface area (Å²) >= 11 is 0. The maximum Gasteiger partial charge on any atom is 0.469 e. The number of phosphoric ester groups is 1. The second kappa shape index (κ2) is 26.3. The van der Waals surface area contributed by atoms with Gasteiger partial charge in [0.2, 0.25) is 0 Å². The Bertz CT molecular complexity index is 607. The van der Waals surface area contributed by atoms with Crippen LogP contribution in [0.3, 0.4) is 0 Å². The summed E-state index contributed by atoms with van der Waals surface area (Å²) in [7, 11) is -4.72. The quantitative estimate of drug-likeness (QED) is 0.0555. The minimum atomic E-state index is -4.72. The minimum absolute atomic E-state index is 0.218. The van der Waals surface area contributed by atoms with E-state index in [2.05, 4.69) is 18.4 Å². The van der Waals surface area contributed by atoms with E-state index in [0.717, 1.165) is 38.5 Å². The lowest BCUT2D eigenvalue weighted by Crippen LogP contribution is -2.29. The molecular formula is C29H57O8P. The largest absolute Gasteiger partial charge is 0.469 e. The van der Waals surface area contributed by atoms with Crippen LogP contribution in [-0.2, 0) is 28.2 Å². The molecule has 0 bridgehead atoms. The van der Waals surface area contributed by atoms with E-state index in [-0.39, 0.29) is 19.4 Å². The van der Waals surface area contributed by atoms with Crippen LogP contribution in [0.5, 0.6) is 0 Å². The fraction of sp³-hybridized carbons (Fsp3) is 0.931. The Labute approximate surface area is 232 Å². The summed E-state index contributed by atoms with van der Waals surface area (Å²) in [4.78, 5) is 42.0. The molecule has 1 unspecified atom stereocenters. The van der Waals surface area contributed by atoms with Crippen molar-refractivity contribution < 1.29 is 37.9 Å². The van der Waals surface area contributed by atoms with Crippen molar-refractivity contribution in [2.45, 2.75) is 161 Å². The summed E-state index contributed by atoms with van der Waals surface area (Å²) in [6.45, 7) is 3.53. The van der Waals surface area contributed by atoms with Crippen LogP contribution < -0.4 is 0 Å². The predicted molar refractivity (Wildman–Crippen MR) is 152 cm³/mol. The first-order chi connectivity index (χ1) is 18.3. The zero-order chi connectivity index (χ0) is 28.3. The zero-order valence-electron chi connectivity index (χ0n) is 24.3. The van der Waals surface area contributed by atoms with Crippen LogP contribution in [0.15, 0.2) is 0 Å². The summed E-state index contributed by atoms with van der Waals surface area (Å²) in [6.07, 6.45) is 23.2. The molecule has 0 aromatic heterocycles. The molecule has 38 heavy (non-hydrogen) atoms. The molecule has 8 nitrogen and oxygen atoms in total. The fourth-order valence-corrected chi connectivity index (χ4v) is 4.67. The number of unbranched alkanes of at least 4 members (excludes halogenated alkanes) is 18. The molecule has 0 aromatic rings. The molecule has 0 aliphatic rings. The molecule has 0 fully saturated rings. The second-order valence-electron chi connectivity index (χ2n) is 10.4. The molecule has 9 heteroatoms. The number of hydrogen-bond donors (Lipinski definition) is 2. The Hall–Kier alpha value is -0.950. The van der Waals surface area contributed by atoms with Crippen molar-refractivity contribution in [1.82, 2.24) is 0 Å². The zero-order valence-corrected chi connectivity index (χ0v) is 25.2. The van der Waals surface area contributed by atoms with Crippen molar-refractivity contribution in [3.05, 3.63) is 0 Å². The maximum absolute atomic E-state index is 12.2. The van der Waals surface area contributed by atoms with Gasteiger partial charge in [-0.2, -0.15) is 0 Å². The van der Waals surface area contributed by atoms with E-state index in [9.17, 15) is 14.2 Å². The van der Waals surface area contributed by atoms with Crippen LogP contribution in [0.4, 0.5) is 0 Å². The highest BCUT2D eigenvalue weighted by atomic mass is 31.2. The Morgan fingerprint density at radius 2 is 0.947 bits per heavy atom. The lowest BCUT2D eigenvalue weighted by atomic mass is 10.0. The van der Waals surface area contributed by atoms with Gasteiger partial charge in [-0.05, 0) is 12.8 Å². The standard InChI is InChI=1S/C29H57O8P/c1-3-5-7-9-10-11-12-13-14-15-16-17-18-19-20-22-24-29(31)37-27(26-36-38(32,33)34)25-35-28(30)23-21-8-6-4-2/h27H,3-26H2,1-2H3,(H2,32,33,34). The monoisotopic (exact) mass is 564 g/mol. The van der Waals surface area contributed by atoms with Gasteiger partial charge < -0.3 is 19.3 Å². The first kappa shape index (κ1) is 37.0. The third-order valence-electron chi connectivity index (χ3n) is 6.63. The van der Waals surface area contributed by atoms with Crippen LogP contribution in [0.2, 0.25) is 0 Å². The average molecular weight is 565 g/mol. The highest BCUT2D eigenvalue weighted by Crippen LogP contribution is 2.35. The molecule has 0 aliphatic heterocycles. The average Bonchev–Trinajstić information content (AvgIpc) is 2.87. The van der Waals surface area contributed by atoms with Gasteiger partial charge in [0.25, 0.3) is 0 Å². The van der Waals surface area contributed by atoms with Gasteiger partial charge in [-0.25, -0.2) is 4.57 Å². The van der Waals surface area contributed by atoms with Gasteiger partial charge in [0.15, 0.2) is 6.10 Å². The molecule has 0 aromatic carbocycles. The molecule has 0 saturated carbocycles. The first-order valence-corrected chi connectivity index (χ1v) is 16.9. The van der Waals surface area contributed by atoms with E-state index < -0.39 is 32.5 Å². The van der Waals surface area contributed by atoms with E-state index >= 15 is 0 Å². The van der Waals surface area contributed by atoms with Crippen molar-refractivity contribution in [1.29, 1.82) is 0 Å². The van der Waals surface area contributed by atoms with Gasteiger partial charge in [0, 0.05) is 12.8 Å². The SMILES string of the molecule is CCCCCCCCCCCCCCCCCCC(=O)OC(COC(=O)CCCCCC)COP(=O)(O)O. The Kier molecular flexibility index (Phi) is 25.6. The molecule has 1 atom stereocenters. The molecule has 0 rings (SSSR count). The third-order valence-corrected chi connectivity index (χ3v) is 7.11. The topological polar surface area (TPSA) is 119 Å². The molecular weight excluding hydrogens is 507 g/mol. The molecule has 0 aliphatic carbocycles. The molecule has 0 heterocycles. The number of phosphoric acid groups is 1. The first-order valence-electron chi connectivity index (χ1n) is 15.3. The summed E-state index contributed by atoms with van der Waals surface area (Å²) in [5, 5.41) is 0. The maximum atomic E-state index is 12.2. The van der Waals surface area contributed by atoms with Crippen LogP contribution in [0.1, 0.15) is 155 Å². The summed E-state index contributed by atoms with van der Waals surface area (Å²) < 4.78 is 25.9. The number of esters is 2. The summed E-state index contributed by atoms with van der Waals surface area (Å²) in [6, 6.07) is 0. The fourth-order valence-electron chi connectivity index (χ4n) is 4.31. The van der Waals surface area contributed by atoms with Gasteiger partial charge in [-0.1, -0.05) is 129 Å². The molecule has 2 N–H and O–H groups in total. The lowest BCUT2D eigenvalue weighted by Gasteiger charge is -2.18. The van der Waals surface area contributed by atoms with Gasteiger partial charge in [-0.3, -0.25) is 14.1 Å². The van der Waals surface area contributed by atoms with Gasteiger partial charge in [0.05, 0.1) is 6.61 Å². The number of hydrogen-bond acceptors (Lipinski definition) is 6. The van der Waals surface area contributed by atoms with Crippen LogP contribution >= 0.6 is 7.82 Å². The van der Waals surface area contributed by atoms with Gasteiger partial charge in [-0.15, -0.1) is 0 Å². The Morgan fingerprint density at radius 1 is 0.579 bits per heavy atom. The van der Waals surface area contributed by atoms with E-state index in [4.69, 9.17) is 19.3 Å². The Morgan fingerprint density at radius 3 is 1.37 bits per heavy atom. The smallest absolute Gasteiger partial charge is 0.462 e. The predicted octanol–water partition coefficient (Wildman–Crippen LogP) is 8.17. The minimum Gasteiger partial charge on any atom is -0.462 e. The molecule has 0 spiro atoms. The third kappa shape index (κ3) is 28.1. The molecule has 0 radical (unpaired) electrons. The number of carbonyl (C=O) groups excluding carboxylic acids is 2. The van der Waals surface area contributed by atoms with Gasteiger partial charge >= 0.3 is 19.8 Å². The normalized spacial score (nSPS) is 12.4. The highest BCUT2D eigenvalue weighted by Gasteiger charge is 2.22. The second-order valence-corrected chi connectivity index (χ2v) is 11.7. The number of rotatable bonds is 28. The molecule has 0 amide bonds. The van der Waals surface area contributed by atoms with Crippen LogP contribution in [0.25, 0.3) is 0 Å². The van der Waals surface area contributed by atoms with Crippen LogP contribution in [-0.4, -0.2) is 41.0 Å².